The number of ether oxygens (including phenoxy) is 1. The van der Waals surface area contributed by atoms with Crippen molar-refractivity contribution in [3.8, 4) is 5.75 Å². The number of carbonyl (C=O) groups is 2. The highest BCUT2D eigenvalue weighted by atomic mass is 16.5. The molecule has 26 heavy (non-hydrogen) atoms. The molecular weight excluding hydrogens is 326 g/mol. The standard InChI is InChI=1S/C22H25NO3/c1-17-11-5-8-14-20(17)26-16-10-4-2-3-9-15-23-21(24)18-12-6-7-13-19(18)22(23)25/h5-8,11-14H,2-4,9-10,15-16H2,1H3. The molecule has 0 radical (unpaired) electrons. The van der Waals surface area contributed by atoms with Gasteiger partial charge in [-0.1, -0.05) is 49.6 Å². The molecule has 0 aliphatic carbocycles. The van der Waals surface area contributed by atoms with Crippen LogP contribution in [0.3, 0.4) is 0 Å². The van der Waals surface area contributed by atoms with E-state index in [0.717, 1.165) is 50.0 Å². The molecule has 2 aromatic carbocycles. The molecule has 1 aliphatic heterocycles. The van der Waals surface area contributed by atoms with E-state index in [2.05, 4.69) is 13.0 Å². The fourth-order valence-electron chi connectivity index (χ4n) is 3.25. The number of para-hydroxylation sites is 1. The van der Waals surface area contributed by atoms with Crippen LogP contribution < -0.4 is 4.74 Å². The van der Waals surface area contributed by atoms with Crippen LogP contribution in [0.5, 0.6) is 5.75 Å². The summed E-state index contributed by atoms with van der Waals surface area (Å²) >= 11 is 0. The number of rotatable bonds is 9. The lowest BCUT2D eigenvalue weighted by molar-refractivity contribution is 0.0651. The van der Waals surface area contributed by atoms with Crippen molar-refractivity contribution in [3.05, 3.63) is 65.2 Å². The van der Waals surface area contributed by atoms with Crippen LogP contribution in [0.2, 0.25) is 0 Å². The van der Waals surface area contributed by atoms with E-state index in [0.29, 0.717) is 17.7 Å². The predicted octanol–water partition coefficient (Wildman–Crippen LogP) is 4.62. The van der Waals surface area contributed by atoms with E-state index in [9.17, 15) is 9.59 Å². The maximum Gasteiger partial charge on any atom is 0.261 e. The number of unbranched alkanes of at least 4 members (excludes halogenated alkanes) is 4. The zero-order valence-electron chi connectivity index (χ0n) is 15.2. The summed E-state index contributed by atoms with van der Waals surface area (Å²) in [6.07, 6.45) is 5.05. The first-order valence-corrected chi connectivity index (χ1v) is 9.32. The summed E-state index contributed by atoms with van der Waals surface area (Å²) < 4.78 is 5.79. The molecule has 4 nitrogen and oxygen atoms in total. The van der Waals surface area contributed by atoms with Crippen LogP contribution in [-0.4, -0.2) is 29.9 Å². The fourth-order valence-corrected chi connectivity index (χ4v) is 3.25. The fraction of sp³-hybridized carbons (Fsp3) is 0.364. The molecule has 0 bridgehead atoms. The quantitative estimate of drug-likeness (QED) is 0.489. The first kappa shape index (κ1) is 18.2. The van der Waals surface area contributed by atoms with E-state index in [1.54, 1.807) is 24.3 Å². The lowest BCUT2D eigenvalue weighted by Crippen LogP contribution is -2.30. The Kier molecular flexibility index (Phi) is 6.05. The van der Waals surface area contributed by atoms with Gasteiger partial charge in [0.2, 0.25) is 0 Å². The van der Waals surface area contributed by atoms with Gasteiger partial charge in [0.25, 0.3) is 11.8 Å². The molecule has 0 atom stereocenters. The maximum atomic E-state index is 12.3. The van der Waals surface area contributed by atoms with E-state index < -0.39 is 0 Å². The topological polar surface area (TPSA) is 46.6 Å². The molecule has 0 aromatic heterocycles. The van der Waals surface area contributed by atoms with Gasteiger partial charge in [-0.15, -0.1) is 0 Å². The first-order chi connectivity index (χ1) is 12.7. The van der Waals surface area contributed by atoms with E-state index in [1.807, 2.05) is 18.2 Å². The second-order valence-corrected chi connectivity index (χ2v) is 6.69. The Morgan fingerprint density at radius 2 is 1.35 bits per heavy atom. The van der Waals surface area contributed by atoms with Crippen molar-refractivity contribution in [1.82, 2.24) is 4.90 Å². The van der Waals surface area contributed by atoms with Crippen LogP contribution in [0.15, 0.2) is 48.5 Å². The minimum Gasteiger partial charge on any atom is -0.493 e. The molecule has 0 fully saturated rings. The minimum atomic E-state index is -0.155. The van der Waals surface area contributed by atoms with Crippen molar-refractivity contribution >= 4 is 11.8 Å². The largest absolute Gasteiger partial charge is 0.493 e. The van der Waals surface area contributed by atoms with Gasteiger partial charge in [-0.2, -0.15) is 0 Å². The zero-order chi connectivity index (χ0) is 18.4. The van der Waals surface area contributed by atoms with Crippen LogP contribution in [0, 0.1) is 6.92 Å². The van der Waals surface area contributed by atoms with Gasteiger partial charge in [-0.3, -0.25) is 14.5 Å². The average Bonchev–Trinajstić information content (AvgIpc) is 2.90. The molecule has 0 unspecified atom stereocenters. The molecule has 2 aromatic rings. The Balaban J connectivity index is 1.30. The predicted molar refractivity (Wildman–Crippen MR) is 102 cm³/mol. The van der Waals surface area contributed by atoms with Crippen LogP contribution in [0.1, 0.15) is 58.4 Å². The summed E-state index contributed by atoms with van der Waals surface area (Å²) in [5.41, 5.74) is 2.23. The second-order valence-electron chi connectivity index (χ2n) is 6.69. The zero-order valence-corrected chi connectivity index (χ0v) is 15.2. The number of aryl methyl sites for hydroxylation is 1. The minimum absolute atomic E-state index is 0.155. The highest BCUT2D eigenvalue weighted by molar-refractivity contribution is 6.21. The maximum absolute atomic E-state index is 12.3. The van der Waals surface area contributed by atoms with Gasteiger partial charge in [0.1, 0.15) is 5.75 Å². The summed E-state index contributed by atoms with van der Waals surface area (Å²) in [5.74, 6) is 0.646. The van der Waals surface area contributed by atoms with Gasteiger partial charge < -0.3 is 4.74 Å². The third-order valence-corrected chi connectivity index (χ3v) is 4.76. The molecule has 4 heteroatoms. The van der Waals surface area contributed by atoms with Gasteiger partial charge in [0, 0.05) is 6.54 Å². The van der Waals surface area contributed by atoms with Gasteiger partial charge in [-0.05, 0) is 43.5 Å². The summed E-state index contributed by atoms with van der Waals surface area (Å²) in [5, 5.41) is 0. The number of fused-ring (bicyclic) bond motifs is 1. The molecule has 0 N–H and O–H groups in total. The monoisotopic (exact) mass is 351 g/mol. The van der Waals surface area contributed by atoms with E-state index in [1.165, 1.54) is 4.90 Å². The highest BCUT2D eigenvalue weighted by Gasteiger charge is 2.34. The molecule has 1 heterocycles. The normalized spacial score (nSPS) is 13.2. The Bertz CT molecular complexity index is 749. The van der Waals surface area contributed by atoms with E-state index in [4.69, 9.17) is 4.74 Å². The third kappa shape index (κ3) is 4.13. The average molecular weight is 351 g/mol. The Morgan fingerprint density at radius 1 is 0.769 bits per heavy atom. The highest BCUT2D eigenvalue weighted by Crippen LogP contribution is 2.23. The van der Waals surface area contributed by atoms with Crippen LogP contribution in [-0.2, 0) is 0 Å². The molecule has 1 aliphatic rings. The Morgan fingerprint density at radius 3 is 2.04 bits per heavy atom. The molecule has 0 saturated carbocycles. The van der Waals surface area contributed by atoms with Crippen molar-refractivity contribution in [2.45, 2.75) is 39.0 Å². The number of carbonyl (C=O) groups excluding carboxylic acids is 2. The van der Waals surface area contributed by atoms with Gasteiger partial charge in [-0.25, -0.2) is 0 Å². The van der Waals surface area contributed by atoms with Crippen molar-refractivity contribution < 1.29 is 14.3 Å². The van der Waals surface area contributed by atoms with Gasteiger partial charge in [0.05, 0.1) is 17.7 Å². The summed E-state index contributed by atoms with van der Waals surface area (Å²) in [6.45, 7) is 3.28. The van der Waals surface area contributed by atoms with E-state index in [-0.39, 0.29) is 11.8 Å². The van der Waals surface area contributed by atoms with Crippen molar-refractivity contribution in [2.24, 2.45) is 0 Å². The number of hydrogen-bond acceptors (Lipinski definition) is 3. The number of hydrogen-bond donors (Lipinski definition) is 0. The molecule has 136 valence electrons. The Labute approximate surface area is 154 Å². The first-order valence-electron chi connectivity index (χ1n) is 9.32. The number of amides is 2. The smallest absolute Gasteiger partial charge is 0.261 e. The molecule has 0 saturated heterocycles. The summed E-state index contributed by atoms with van der Waals surface area (Å²) in [4.78, 5) is 25.9. The lowest BCUT2D eigenvalue weighted by atomic mass is 10.1. The SMILES string of the molecule is Cc1ccccc1OCCCCCCCN1C(=O)c2ccccc2C1=O. The second kappa shape index (κ2) is 8.65. The summed E-state index contributed by atoms with van der Waals surface area (Å²) in [7, 11) is 0. The number of benzene rings is 2. The summed E-state index contributed by atoms with van der Waals surface area (Å²) in [6, 6.07) is 15.1. The van der Waals surface area contributed by atoms with Crippen LogP contribution >= 0.6 is 0 Å². The molecule has 0 spiro atoms. The van der Waals surface area contributed by atoms with Crippen molar-refractivity contribution in [1.29, 1.82) is 0 Å². The van der Waals surface area contributed by atoms with Crippen LogP contribution in [0.25, 0.3) is 0 Å². The van der Waals surface area contributed by atoms with E-state index >= 15 is 0 Å². The molecule has 3 rings (SSSR count). The van der Waals surface area contributed by atoms with Gasteiger partial charge in [0.15, 0.2) is 0 Å². The Hall–Kier alpha value is -2.62. The van der Waals surface area contributed by atoms with Gasteiger partial charge >= 0.3 is 0 Å². The molecular formula is C22H25NO3. The van der Waals surface area contributed by atoms with Crippen molar-refractivity contribution in [2.75, 3.05) is 13.2 Å². The molecule has 2 amide bonds. The lowest BCUT2D eigenvalue weighted by Gasteiger charge is -2.13. The third-order valence-electron chi connectivity index (χ3n) is 4.76. The van der Waals surface area contributed by atoms with Crippen LogP contribution in [0.4, 0.5) is 0 Å². The van der Waals surface area contributed by atoms with Crippen molar-refractivity contribution in [3.63, 3.8) is 0 Å². The number of nitrogens with zero attached hydrogens (tertiary/aromatic N) is 1. The number of imide groups is 1.